The van der Waals surface area contributed by atoms with Crippen LogP contribution in [0.2, 0.25) is 0 Å². The van der Waals surface area contributed by atoms with Crippen LogP contribution in [-0.4, -0.2) is 18.5 Å². The van der Waals surface area contributed by atoms with Crippen molar-refractivity contribution in [3.63, 3.8) is 0 Å². The van der Waals surface area contributed by atoms with Gasteiger partial charge in [0.25, 0.3) is 0 Å². The zero-order valence-corrected chi connectivity index (χ0v) is 7.41. The number of amides is 1. The van der Waals surface area contributed by atoms with Crippen LogP contribution in [0, 0.1) is 0 Å². The first-order chi connectivity index (χ1) is 6.27. The molecule has 0 spiro atoms. The van der Waals surface area contributed by atoms with Crippen LogP contribution in [-0.2, 0) is 4.79 Å². The molecule has 0 radical (unpaired) electrons. The zero-order chi connectivity index (χ0) is 9.26. The third kappa shape index (κ3) is 1.58. The van der Waals surface area contributed by atoms with E-state index in [0.717, 1.165) is 6.54 Å². The van der Waals surface area contributed by atoms with E-state index < -0.39 is 0 Å². The Hall–Kier alpha value is -1.29. The minimum Gasteiger partial charge on any atom is -0.467 e. The average molecular weight is 180 g/mol. The van der Waals surface area contributed by atoms with Crippen molar-refractivity contribution >= 4 is 5.91 Å². The maximum Gasteiger partial charge on any atom is 0.245 e. The van der Waals surface area contributed by atoms with E-state index in [-0.39, 0.29) is 18.0 Å². The second-order valence-electron chi connectivity index (χ2n) is 3.27. The quantitative estimate of drug-likeness (QED) is 0.659. The molecule has 2 N–H and O–H groups in total. The van der Waals surface area contributed by atoms with Gasteiger partial charge in [-0.05, 0) is 19.1 Å². The molecule has 1 amide bonds. The summed E-state index contributed by atoms with van der Waals surface area (Å²) in [5, 5.41) is 5.97. The van der Waals surface area contributed by atoms with Crippen LogP contribution in [0.3, 0.4) is 0 Å². The van der Waals surface area contributed by atoms with Gasteiger partial charge in [-0.25, -0.2) is 0 Å². The lowest BCUT2D eigenvalue weighted by molar-refractivity contribution is -0.125. The number of rotatable bonds is 1. The lowest BCUT2D eigenvalue weighted by atomic mass is 10.1. The summed E-state index contributed by atoms with van der Waals surface area (Å²) in [5.74, 6) is 0.651. The lowest BCUT2D eigenvalue weighted by Gasteiger charge is -2.26. The van der Waals surface area contributed by atoms with Gasteiger partial charge in [0.2, 0.25) is 5.91 Å². The number of furan rings is 1. The molecule has 13 heavy (non-hydrogen) atoms. The highest BCUT2D eigenvalue weighted by atomic mass is 16.3. The number of carbonyl (C=O) groups excluding carboxylic acids is 1. The molecule has 1 aliphatic rings. The molecule has 0 unspecified atom stereocenters. The Bertz CT molecular complexity index is 295. The van der Waals surface area contributed by atoms with E-state index in [1.807, 2.05) is 6.92 Å². The van der Waals surface area contributed by atoms with Gasteiger partial charge in [-0.2, -0.15) is 0 Å². The van der Waals surface area contributed by atoms with Crippen LogP contribution in [0.1, 0.15) is 18.7 Å². The van der Waals surface area contributed by atoms with E-state index in [4.69, 9.17) is 4.42 Å². The monoisotopic (exact) mass is 180 g/mol. The Balaban J connectivity index is 2.13. The van der Waals surface area contributed by atoms with Gasteiger partial charge < -0.3 is 9.73 Å². The minimum absolute atomic E-state index is 0.0197. The topological polar surface area (TPSA) is 54.3 Å². The summed E-state index contributed by atoms with van der Waals surface area (Å²) in [6.07, 6.45) is 1.57. The molecule has 0 aliphatic carbocycles. The van der Waals surface area contributed by atoms with Crippen LogP contribution in [0.25, 0.3) is 0 Å². The molecule has 1 aromatic heterocycles. The Morgan fingerprint density at radius 3 is 3.08 bits per heavy atom. The summed E-state index contributed by atoms with van der Waals surface area (Å²) in [4.78, 5) is 11.5. The van der Waals surface area contributed by atoms with Crippen molar-refractivity contribution in [2.75, 3.05) is 6.54 Å². The summed E-state index contributed by atoms with van der Waals surface area (Å²) in [5.41, 5.74) is 0. The maximum absolute atomic E-state index is 11.5. The molecular weight excluding hydrogens is 168 g/mol. The predicted octanol–water partition coefficient (Wildman–Crippen LogP) is 0.429. The third-order valence-electron chi connectivity index (χ3n) is 2.11. The molecule has 2 atom stereocenters. The molecule has 1 aromatic rings. The SMILES string of the molecule is C[C@@H]1CN[C@@H](c2ccco2)C(=O)N1. The number of hydrogen-bond donors (Lipinski definition) is 2. The normalized spacial score (nSPS) is 28.5. The van der Waals surface area contributed by atoms with Crippen molar-refractivity contribution in [3.8, 4) is 0 Å². The third-order valence-corrected chi connectivity index (χ3v) is 2.11. The Morgan fingerprint density at radius 1 is 1.62 bits per heavy atom. The van der Waals surface area contributed by atoms with Crippen LogP contribution in [0.4, 0.5) is 0 Å². The standard InChI is InChI=1S/C9H12N2O2/c1-6-5-10-8(9(12)11-6)7-3-2-4-13-7/h2-4,6,8,10H,5H2,1H3,(H,11,12)/t6-,8+/m1/s1. The fourth-order valence-corrected chi connectivity index (χ4v) is 1.45. The number of carbonyl (C=O) groups is 1. The smallest absolute Gasteiger partial charge is 0.245 e. The molecular formula is C9H12N2O2. The van der Waals surface area contributed by atoms with Gasteiger partial charge in [-0.1, -0.05) is 0 Å². The van der Waals surface area contributed by atoms with Crippen molar-refractivity contribution in [3.05, 3.63) is 24.2 Å². The molecule has 0 aromatic carbocycles. The number of nitrogens with one attached hydrogen (secondary N) is 2. The van der Waals surface area contributed by atoms with Crippen molar-refractivity contribution in [1.82, 2.24) is 10.6 Å². The van der Waals surface area contributed by atoms with Gasteiger partial charge in [0.15, 0.2) is 0 Å². The summed E-state index contributed by atoms with van der Waals surface area (Å²) < 4.78 is 5.16. The Morgan fingerprint density at radius 2 is 2.46 bits per heavy atom. The van der Waals surface area contributed by atoms with E-state index in [0.29, 0.717) is 5.76 Å². The highest BCUT2D eigenvalue weighted by Crippen LogP contribution is 2.15. The summed E-state index contributed by atoms with van der Waals surface area (Å²) >= 11 is 0. The van der Waals surface area contributed by atoms with Gasteiger partial charge in [-0.3, -0.25) is 10.1 Å². The minimum atomic E-state index is -0.328. The Labute approximate surface area is 76.3 Å². The fourth-order valence-electron chi connectivity index (χ4n) is 1.45. The highest BCUT2D eigenvalue weighted by molar-refractivity contribution is 5.83. The largest absolute Gasteiger partial charge is 0.467 e. The van der Waals surface area contributed by atoms with E-state index in [2.05, 4.69) is 10.6 Å². The summed E-state index contributed by atoms with van der Waals surface area (Å²) in [6.45, 7) is 2.74. The van der Waals surface area contributed by atoms with Crippen LogP contribution >= 0.6 is 0 Å². The van der Waals surface area contributed by atoms with E-state index >= 15 is 0 Å². The molecule has 0 bridgehead atoms. The van der Waals surface area contributed by atoms with Gasteiger partial charge in [-0.15, -0.1) is 0 Å². The molecule has 1 aliphatic heterocycles. The Kier molecular flexibility index (Phi) is 2.06. The molecule has 1 saturated heterocycles. The first-order valence-corrected chi connectivity index (χ1v) is 4.34. The van der Waals surface area contributed by atoms with Gasteiger partial charge >= 0.3 is 0 Å². The fraction of sp³-hybridized carbons (Fsp3) is 0.444. The van der Waals surface area contributed by atoms with Crippen molar-refractivity contribution in [2.45, 2.75) is 19.0 Å². The second kappa shape index (κ2) is 3.22. The van der Waals surface area contributed by atoms with E-state index in [1.165, 1.54) is 0 Å². The van der Waals surface area contributed by atoms with Crippen molar-refractivity contribution in [1.29, 1.82) is 0 Å². The van der Waals surface area contributed by atoms with Gasteiger partial charge in [0, 0.05) is 12.6 Å². The molecule has 4 heteroatoms. The first kappa shape index (κ1) is 8.31. The average Bonchev–Trinajstić information content (AvgIpc) is 2.56. The van der Waals surface area contributed by atoms with E-state index in [9.17, 15) is 4.79 Å². The van der Waals surface area contributed by atoms with Crippen LogP contribution < -0.4 is 10.6 Å². The molecule has 2 heterocycles. The lowest BCUT2D eigenvalue weighted by Crippen LogP contribution is -2.52. The van der Waals surface area contributed by atoms with Gasteiger partial charge in [0.1, 0.15) is 11.8 Å². The summed E-state index contributed by atoms with van der Waals surface area (Å²) in [7, 11) is 0. The predicted molar refractivity (Wildman–Crippen MR) is 47.1 cm³/mol. The van der Waals surface area contributed by atoms with Crippen molar-refractivity contribution in [2.24, 2.45) is 0 Å². The number of hydrogen-bond acceptors (Lipinski definition) is 3. The molecule has 1 fully saturated rings. The number of piperazine rings is 1. The van der Waals surface area contributed by atoms with Gasteiger partial charge in [0.05, 0.1) is 6.26 Å². The molecule has 70 valence electrons. The van der Waals surface area contributed by atoms with Crippen LogP contribution in [0.5, 0.6) is 0 Å². The molecule has 4 nitrogen and oxygen atoms in total. The van der Waals surface area contributed by atoms with Crippen LogP contribution in [0.15, 0.2) is 22.8 Å². The molecule has 0 saturated carbocycles. The summed E-state index contributed by atoms with van der Waals surface area (Å²) in [6, 6.07) is 3.44. The van der Waals surface area contributed by atoms with Crippen molar-refractivity contribution < 1.29 is 9.21 Å². The first-order valence-electron chi connectivity index (χ1n) is 4.34. The molecule has 2 rings (SSSR count). The zero-order valence-electron chi connectivity index (χ0n) is 7.41. The maximum atomic E-state index is 11.5. The second-order valence-corrected chi connectivity index (χ2v) is 3.27. The van der Waals surface area contributed by atoms with E-state index in [1.54, 1.807) is 18.4 Å². The highest BCUT2D eigenvalue weighted by Gasteiger charge is 2.28.